The highest BCUT2D eigenvalue weighted by Crippen LogP contribution is 2.36. The lowest BCUT2D eigenvalue weighted by Crippen LogP contribution is -2.10. The maximum Gasteiger partial charge on any atom is 0.118 e. The van der Waals surface area contributed by atoms with Gasteiger partial charge in [0.15, 0.2) is 0 Å². The Morgan fingerprint density at radius 3 is 2.42 bits per heavy atom. The fraction of sp³-hybridized carbons (Fsp3) is 0.238. The second kappa shape index (κ2) is 8.32. The van der Waals surface area contributed by atoms with E-state index in [2.05, 4.69) is 43.2 Å². The van der Waals surface area contributed by atoms with Crippen molar-refractivity contribution in [3.05, 3.63) is 98.4 Å². The molecular weight excluding hydrogens is 390 g/mol. The molecule has 3 rings (SSSR count). The molecule has 0 aliphatic heterocycles. The lowest BCUT2D eigenvalue weighted by Gasteiger charge is -2.22. The molecule has 0 saturated heterocycles. The second-order valence-corrected chi connectivity index (χ2v) is 7.31. The highest BCUT2D eigenvalue weighted by Gasteiger charge is 2.24. The number of nitrogens with zero attached hydrogens (tertiary/aromatic N) is 3. The zero-order valence-corrected chi connectivity index (χ0v) is 16.3. The van der Waals surface area contributed by atoms with Crippen molar-refractivity contribution in [3.63, 3.8) is 0 Å². The Labute approximate surface area is 161 Å². The maximum atomic E-state index is 11.7. The van der Waals surface area contributed by atoms with Crippen LogP contribution >= 0.6 is 15.9 Å². The first-order valence-corrected chi connectivity index (χ1v) is 9.29. The van der Waals surface area contributed by atoms with Crippen molar-refractivity contribution in [2.75, 3.05) is 0 Å². The van der Waals surface area contributed by atoms with Gasteiger partial charge in [-0.05, 0) is 67.3 Å². The van der Waals surface area contributed by atoms with Crippen LogP contribution in [0, 0.1) is 18.8 Å². The minimum atomic E-state index is -0.452. The number of pyridine rings is 2. The van der Waals surface area contributed by atoms with E-state index in [4.69, 9.17) is 0 Å². The van der Waals surface area contributed by atoms with Crippen LogP contribution in [0.1, 0.15) is 46.5 Å². The van der Waals surface area contributed by atoms with Gasteiger partial charge in [0.05, 0.1) is 5.69 Å². The molecular formula is C21H20BrN3O. The Morgan fingerprint density at radius 2 is 1.77 bits per heavy atom. The number of aryl methyl sites for hydroxylation is 2. The smallest absolute Gasteiger partial charge is 0.118 e. The fourth-order valence-corrected chi connectivity index (χ4v) is 3.47. The number of halogens is 1. The maximum absolute atomic E-state index is 11.7. The van der Waals surface area contributed by atoms with Gasteiger partial charge in [0.25, 0.3) is 0 Å². The third kappa shape index (κ3) is 4.22. The Kier molecular flexibility index (Phi) is 5.89. The molecule has 0 aliphatic rings. The van der Waals surface area contributed by atoms with Crippen molar-refractivity contribution < 1.29 is 0 Å². The summed E-state index contributed by atoms with van der Waals surface area (Å²) in [6.45, 7) is 3.97. The van der Waals surface area contributed by atoms with Crippen LogP contribution in [0.5, 0.6) is 0 Å². The minimum Gasteiger partial charge on any atom is -0.262 e. The van der Waals surface area contributed by atoms with E-state index < -0.39 is 6.04 Å². The Hall–Kier alpha value is -2.40. The summed E-state index contributed by atoms with van der Waals surface area (Å²) in [6, 6.07) is 15.5. The van der Waals surface area contributed by atoms with Gasteiger partial charge < -0.3 is 0 Å². The molecule has 2 aromatic heterocycles. The Balaban J connectivity index is 2.01. The Bertz CT molecular complexity index is 896. The van der Waals surface area contributed by atoms with Gasteiger partial charge in [-0.2, -0.15) is 4.91 Å². The fourth-order valence-electron chi connectivity index (χ4n) is 3.20. The number of hydrogen-bond acceptors (Lipinski definition) is 4. The number of aromatic nitrogens is 2. The van der Waals surface area contributed by atoms with Crippen LogP contribution in [0.25, 0.3) is 0 Å². The molecule has 0 N–H and O–H groups in total. The molecule has 0 amide bonds. The van der Waals surface area contributed by atoms with Crippen LogP contribution in [0.3, 0.4) is 0 Å². The molecule has 0 radical (unpaired) electrons. The van der Waals surface area contributed by atoms with E-state index in [9.17, 15) is 4.91 Å². The first kappa shape index (κ1) is 18.4. The summed E-state index contributed by atoms with van der Waals surface area (Å²) < 4.78 is 1.02. The van der Waals surface area contributed by atoms with Crippen LogP contribution in [0.4, 0.5) is 0 Å². The second-order valence-electron chi connectivity index (χ2n) is 6.40. The first-order valence-electron chi connectivity index (χ1n) is 8.50. The van der Waals surface area contributed by atoms with Crippen molar-refractivity contribution in [1.82, 2.24) is 9.97 Å². The van der Waals surface area contributed by atoms with Crippen molar-refractivity contribution in [2.45, 2.75) is 32.2 Å². The quantitative estimate of drug-likeness (QED) is 0.477. The van der Waals surface area contributed by atoms with Crippen molar-refractivity contribution in [3.8, 4) is 0 Å². The average molecular weight is 410 g/mol. The van der Waals surface area contributed by atoms with Crippen molar-refractivity contribution in [2.24, 2.45) is 5.18 Å². The SMILES string of the molecule is Cc1cc(C(CC(c2ccc(Br)cc2)c2ncccc2C)N=O)ccn1. The topological polar surface area (TPSA) is 55.2 Å². The van der Waals surface area contributed by atoms with Crippen LogP contribution < -0.4 is 0 Å². The van der Waals surface area contributed by atoms with E-state index >= 15 is 0 Å². The van der Waals surface area contributed by atoms with E-state index in [0.29, 0.717) is 6.42 Å². The molecule has 0 spiro atoms. The highest BCUT2D eigenvalue weighted by molar-refractivity contribution is 9.10. The van der Waals surface area contributed by atoms with Gasteiger partial charge in [0.1, 0.15) is 6.04 Å². The zero-order chi connectivity index (χ0) is 18.5. The molecule has 132 valence electrons. The van der Waals surface area contributed by atoms with Gasteiger partial charge in [-0.25, -0.2) is 0 Å². The standard InChI is InChI=1S/C21H20BrN3O/c1-14-4-3-10-24-21(14)19(16-5-7-18(22)8-6-16)13-20(25-26)17-9-11-23-15(2)12-17/h3-12,19-20H,13H2,1-2H3. The number of rotatable bonds is 6. The van der Waals surface area contributed by atoms with E-state index in [1.54, 1.807) is 12.4 Å². The minimum absolute atomic E-state index is 0.0135. The predicted octanol–water partition coefficient (Wildman–Crippen LogP) is 5.89. The van der Waals surface area contributed by atoms with Gasteiger partial charge in [-0.3, -0.25) is 9.97 Å². The van der Waals surface area contributed by atoms with Gasteiger partial charge in [-0.15, -0.1) is 0 Å². The predicted molar refractivity (Wildman–Crippen MR) is 107 cm³/mol. The van der Waals surface area contributed by atoms with Crippen LogP contribution in [-0.2, 0) is 0 Å². The van der Waals surface area contributed by atoms with E-state index in [1.807, 2.05) is 50.2 Å². The van der Waals surface area contributed by atoms with Gasteiger partial charge in [0, 0.05) is 28.5 Å². The first-order chi connectivity index (χ1) is 12.6. The summed E-state index contributed by atoms with van der Waals surface area (Å²) >= 11 is 3.48. The van der Waals surface area contributed by atoms with Gasteiger partial charge in [0.2, 0.25) is 0 Å². The molecule has 2 unspecified atom stereocenters. The largest absolute Gasteiger partial charge is 0.262 e. The zero-order valence-electron chi connectivity index (χ0n) is 14.8. The molecule has 3 aromatic rings. The molecule has 4 nitrogen and oxygen atoms in total. The third-order valence-corrected chi connectivity index (χ3v) is 5.07. The molecule has 1 aromatic carbocycles. The molecule has 0 bridgehead atoms. The molecule has 5 heteroatoms. The highest BCUT2D eigenvalue weighted by atomic mass is 79.9. The number of hydrogen-bond donors (Lipinski definition) is 0. The van der Waals surface area contributed by atoms with Crippen molar-refractivity contribution in [1.29, 1.82) is 0 Å². The van der Waals surface area contributed by atoms with Crippen LogP contribution in [0.2, 0.25) is 0 Å². The average Bonchev–Trinajstić information content (AvgIpc) is 2.65. The van der Waals surface area contributed by atoms with Crippen molar-refractivity contribution >= 4 is 15.9 Å². The molecule has 0 saturated carbocycles. The summed E-state index contributed by atoms with van der Waals surface area (Å²) in [5.74, 6) is -0.0135. The summed E-state index contributed by atoms with van der Waals surface area (Å²) in [5.41, 5.74) is 4.98. The van der Waals surface area contributed by atoms with Gasteiger partial charge in [-0.1, -0.05) is 39.3 Å². The van der Waals surface area contributed by atoms with E-state index in [1.165, 1.54) is 0 Å². The summed E-state index contributed by atoms with van der Waals surface area (Å²) in [4.78, 5) is 20.5. The molecule has 0 aliphatic carbocycles. The molecule has 2 atom stereocenters. The summed E-state index contributed by atoms with van der Waals surface area (Å²) in [6.07, 6.45) is 4.09. The summed E-state index contributed by atoms with van der Waals surface area (Å²) in [5, 5.41) is 3.42. The van der Waals surface area contributed by atoms with E-state index in [-0.39, 0.29) is 5.92 Å². The summed E-state index contributed by atoms with van der Waals surface area (Å²) in [7, 11) is 0. The third-order valence-electron chi connectivity index (χ3n) is 4.54. The molecule has 0 fully saturated rings. The van der Waals surface area contributed by atoms with E-state index in [0.717, 1.165) is 32.6 Å². The lowest BCUT2D eigenvalue weighted by molar-refractivity contribution is 0.582. The van der Waals surface area contributed by atoms with Crippen LogP contribution in [0.15, 0.2) is 70.6 Å². The monoisotopic (exact) mass is 409 g/mol. The van der Waals surface area contributed by atoms with Crippen LogP contribution in [-0.4, -0.2) is 9.97 Å². The molecule has 2 heterocycles. The lowest BCUT2D eigenvalue weighted by atomic mass is 9.85. The molecule has 26 heavy (non-hydrogen) atoms. The Morgan fingerprint density at radius 1 is 1.00 bits per heavy atom. The van der Waals surface area contributed by atoms with Gasteiger partial charge >= 0.3 is 0 Å². The number of nitroso groups, excluding NO2 is 1. The number of benzene rings is 1. The normalized spacial score (nSPS) is 13.2.